The molecule has 3 fully saturated rings. The van der Waals surface area contributed by atoms with E-state index in [-0.39, 0.29) is 6.04 Å². The molecule has 1 aromatic carbocycles. The molecule has 1 aromatic heterocycles. The maximum Gasteiger partial charge on any atom is 0.208 e. The maximum absolute atomic E-state index is 11.5. The van der Waals surface area contributed by atoms with Crippen molar-refractivity contribution in [3.8, 4) is 17.0 Å². The first-order valence-corrected chi connectivity index (χ1v) is 11.9. The van der Waals surface area contributed by atoms with Crippen LogP contribution in [0.4, 0.5) is 0 Å². The maximum atomic E-state index is 11.5. The molecule has 2 bridgehead atoms. The summed E-state index contributed by atoms with van der Waals surface area (Å²) in [7, 11) is -1.49. The average molecular weight is 417 g/mol. The largest absolute Gasteiger partial charge is 0.496 e. The summed E-state index contributed by atoms with van der Waals surface area (Å²) in [5, 5.41) is 0. The van der Waals surface area contributed by atoms with Crippen LogP contribution in [0.1, 0.15) is 30.3 Å². The fourth-order valence-corrected chi connectivity index (χ4v) is 5.20. The molecule has 0 radical (unpaired) electrons. The number of hydrogen-bond donors (Lipinski definition) is 1. The number of nitrogens with one attached hydrogen (secondary N) is 1. The number of benzene rings is 1. The second kappa shape index (κ2) is 8.01. The molecule has 4 atom stereocenters. The van der Waals surface area contributed by atoms with Crippen LogP contribution < -0.4 is 9.46 Å². The van der Waals surface area contributed by atoms with Gasteiger partial charge in [-0.15, -0.1) is 0 Å². The van der Waals surface area contributed by atoms with Crippen molar-refractivity contribution >= 4 is 10.0 Å². The standard InChI is InChI=1S/C21H28N4O3S/c1-14-23-19(17-6-4-5-7-21(17)28-2)11-20(24-14)18-13-25-9-8-15(18)10-16(25)12-22-29(3,26)27/h4-7,11,15-16,18,22H,8-10,12-13H2,1-3H3/t15-,16+,18-/m0/s1. The van der Waals surface area contributed by atoms with Gasteiger partial charge in [-0.3, -0.25) is 4.90 Å². The second-order valence-corrected chi connectivity index (χ2v) is 9.92. The number of ether oxygens (including phenoxy) is 1. The molecule has 2 aromatic rings. The van der Waals surface area contributed by atoms with Crippen molar-refractivity contribution in [2.24, 2.45) is 5.92 Å². The van der Waals surface area contributed by atoms with E-state index >= 15 is 0 Å². The summed E-state index contributed by atoms with van der Waals surface area (Å²) >= 11 is 0. The van der Waals surface area contributed by atoms with Crippen LogP contribution >= 0.6 is 0 Å². The Balaban J connectivity index is 1.58. The minimum atomic E-state index is -3.16. The van der Waals surface area contributed by atoms with Gasteiger partial charge < -0.3 is 4.74 Å². The Labute approximate surface area is 172 Å². The topological polar surface area (TPSA) is 84.4 Å². The van der Waals surface area contributed by atoms with Gasteiger partial charge in [-0.25, -0.2) is 23.1 Å². The molecule has 3 saturated heterocycles. The van der Waals surface area contributed by atoms with Crippen molar-refractivity contribution in [2.45, 2.75) is 31.7 Å². The highest BCUT2D eigenvalue weighted by Crippen LogP contribution is 2.42. The van der Waals surface area contributed by atoms with Crippen LogP contribution in [0, 0.1) is 12.8 Å². The average Bonchev–Trinajstić information content (AvgIpc) is 2.71. The summed E-state index contributed by atoms with van der Waals surface area (Å²) in [6, 6.07) is 10.3. The zero-order valence-corrected chi connectivity index (χ0v) is 17.9. The van der Waals surface area contributed by atoms with Gasteiger partial charge in [0.1, 0.15) is 11.6 Å². The summed E-state index contributed by atoms with van der Waals surface area (Å²) in [6.07, 6.45) is 3.32. The minimum absolute atomic E-state index is 0.261. The fraction of sp³-hybridized carbons (Fsp3) is 0.524. The first kappa shape index (κ1) is 20.3. The van der Waals surface area contributed by atoms with Crippen LogP contribution in [0.15, 0.2) is 30.3 Å². The molecule has 5 rings (SSSR count). The number of piperidine rings is 3. The normalized spacial score (nSPS) is 26.4. The predicted molar refractivity (Wildman–Crippen MR) is 112 cm³/mol. The Kier molecular flexibility index (Phi) is 5.59. The van der Waals surface area contributed by atoms with E-state index in [2.05, 4.69) is 20.7 Å². The number of aryl methyl sites for hydroxylation is 1. The van der Waals surface area contributed by atoms with Gasteiger partial charge in [-0.2, -0.15) is 0 Å². The van der Waals surface area contributed by atoms with Crippen molar-refractivity contribution in [2.75, 3.05) is 33.0 Å². The lowest BCUT2D eigenvalue weighted by atomic mass is 9.74. The summed E-state index contributed by atoms with van der Waals surface area (Å²) < 4.78 is 31.1. The third kappa shape index (κ3) is 4.44. The SMILES string of the molecule is COc1ccccc1-c1cc([C@H]2CN3CC[C@H]2C[C@@H]3CNS(C)(=O)=O)nc(C)n1. The van der Waals surface area contributed by atoms with Gasteiger partial charge in [0.2, 0.25) is 10.0 Å². The van der Waals surface area contributed by atoms with Crippen molar-refractivity contribution in [1.29, 1.82) is 0 Å². The van der Waals surface area contributed by atoms with E-state index in [0.717, 1.165) is 54.5 Å². The van der Waals surface area contributed by atoms with Gasteiger partial charge in [-0.1, -0.05) is 12.1 Å². The summed E-state index contributed by atoms with van der Waals surface area (Å²) in [6.45, 7) is 4.34. The van der Waals surface area contributed by atoms with Crippen LogP contribution in [0.2, 0.25) is 0 Å². The number of nitrogens with zero attached hydrogens (tertiary/aromatic N) is 3. The molecule has 1 N–H and O–H groups in total. The highest BCUT2D eigenvalue weighted by atomic mass is 32.2. The quantitative estimate of drug-likeness (QED) is 0.777. The van der Waals surface area contributed by atoms with E-state index < -0.39 is 10.0 Å². The Bertz CT molecular complexity index is 995. The van der Waals surface area contributed by atoms with Gasteiger partial charge in [0.15, 0.2) is 0 Å². The number of para-hydroxylation sites is 1. The molecule has 0 amide bonds. The molecular formula is C21H28N4O3S. The Morgan fingerprint density at radius 2 is 2.07 bits per heavy atom. The highest BCUT2D eigenvalue weighted by Gasteiger charge is 2.41. The third-order valence-electron chi connectivity index (χ3n) is 6.08. The smallest absolute Gasteiger partial charge is 0.208 e. The fourth-order valence-electron chi connectivity index (χ4n) is 4.71. The van der Waals surface area contributed by atoms with E-state index in [1.54, 1.807) is 7.11 Å². The van der Waals surface area contributed by atoms with Gasteiger partial charge in [0, 0.05) is 36.3 Å². The number of aromatic nitrogens is 2. The molecule has 1 unspecified atom stereocenters. The molecule has 0 saturated carbocycles. The molecule has 7 nitrogen and oxygen atoms in total. The monoisotopic (exact) mass is 416 g/mol. The van der Waals surface area contributed by atoms with Crippen LogP contribution in [-0.4, -0.2) is 62.3 Å². The summed E-state index contributed by atoms with van der Waals surface area (Å²) in [4.78, 5) is 11.8. The van der Waals surface area contributed by atoms with Gasteiger partial charge in [-0.05, 0) is 50.4 Å². The van der Waals surface area contributed by atoms with Crippen LogP contribution in [-0.2, 0) is 10.0 Å². The molecule has 4 heterocycles. The predicted octanol–water partition coefficient (Wildman–Crippen LogP) is 2.19. The molecule has 3 aliphatic heterocycles. The zero-order chi connectivity index (χ0) is 20.6. The van der Waals surface area contributed by atoms with E-state index in [4.69, 9.17) is 9.72 Å². The molecule has 156 valence electrons. The molecule has 3 aliphatic rings. The van der Waals surface area contributed by atoms with Crippen LogP contribution in [0.25, 0.3) is 11.3 Å². The summed E-state index contributed by atoms with van der Waals surface area (Å²) in [5.41, 5.74) is 2.93. The molecular weight excluding hydrogens is 388 g/mol. The Morgan fingerprint density at radius 3 is 2.76 bits per heavy atom. The van der Waals surface area contributed by atoms with Crippen molar-refractivity contribution in [1.82, 2.24) is 19.6 Å². The molecule has 29 heavy (non-hydrogen) atoms. The Morgan fingerprint density at radius 1 is 1.28 bits per heavy atom. The van der Waals surface area contributed by atoms with Crippen LogP contribution in [0.5, 0.6) is 5.75 Å². The zero-order valence-electron chi connectivity index (χ0n) is 17.1. The molecule has 0 aliphatic carbocycles. The van der Waals surface area contributed by atoms with Gasteiger partial charge in [0.25, 0.3) is 0 Å². The first-order chi connectivity index (χ1) is 13.8. The molecule has 8 heteroatoms. The van der Waals surface area contributed by atoms with Crippen molar-refractivity contribution in [3.05, 3.63) is 41.9 Å². The number of methoxy groups -OCH3 is 1. The molecule has 0 spiro atoms. The van der Waals surface area contributed by atoms with E-state index in [1.165, 1.54) is 6.26 Å². The minimum Gasteiger partial charge on any atom is -0.496 e. The lowest BCUT2D eigenvalue weighted by molar-refractivity contribution is 0.0317. The van der Waals surface area contributed by atoms with Crippen molar-refractivity contribution in [3.63, 3.8) is 0 Å². The third-order valence-corrected chi connectivity index (χ3v) is 6.77. The lowest BCUT2D eigenvalue weighted by Crippen LogP contribution is -2.56. The van der Waals surface area contributed by atoms with Crippen molar-refractivity contribution < 1.29 is 13.2 Å². The van der Waals surface area contributed by atoms with E-state index in [1.807, 2.05) is 31.2 Å². The van der Waals surface area contributed by atoms with Gasteiger partial charge in [0.05, 0.1) is 19.1 Å². The number of sulfonamides is 1. The van der Waals surface area contributed by atoms with E-state index in [0.29, 0.717) is 18.4 Å². The number of hydrogen-bond acceptors (Lipinski definition) is 6. The highest BCUT2D eigenvalue weighted by molar-refractivity contribution is 7.88. The first-order valence-electron chi connectivity index (χ1n) is 10.0. The second-order valence-electron chi connectivity index (χ2n) is 8.09. The lowest BCUT2D eigenvalue weighted by Gasteiger charge is -2.49. The Hall–Kier alpha value is -2.03. The van der Waals surface area contributed by atoms with Gasteiger partial charge >= 0.3 is 0 Å². The van der Waals surface area contributed by atoms with Crippen LogP contribution in [0.3, 0.4) is 0 Å². The summed E-state index contributed by atoms with van der Waals surface area (Å²) in [5.74, 6) is 2.41. The number of fused-ring (bicyclic) bond motifs is 3. The number of rotatable bonds is 6. The van der Waals surface area contributed by atoms with E-state index in [9.17, 15) is 8.42 Å².